The van der Waals surface area contributed by atoms with Gasteiger partial charge in [0.1, 0.15) is 0 Å². The largest absolute Gasteiger partial charge is 0.471 e. The topological polar surface area (TPSA) is 56.0 Å². The van der Waals surface area contributed by atoms with Crippen LogP contribution in [0.3, 0.4) is 0 Å². The Hall–Kier alpha value is -2.18. The minimum atomic E-state index is -4.75. The molecule has 0 aliphatic heterocycles. The average Bonchev–Trinajstić information content (AvgIpc) is 2.78. The van der Waals surface area contributed by atoms with Gasteiger partial charge in [-0.15, -0.1) is 0 Å². The van der Waals surface area contributed by atoms with Crippen molar-refractivity contribution in [3.8, 4) is 0 Å². The number of hydrogen-bond donors (Lipinski definition) is 0. The Bertz CT molecular complexity index is 534. The van der Waals surface area contributed by atoms with Gasteiger partial charge in [0.2, 0.25) is 11.6 Å². The molecular weight excluding hydrogens is 237 g/mol. The number of carbonyl (C=O) groups excluding carboxylic acids is 1. The first-order valence-corrected chi connectivity index (χ1v) is 4.49. The summed E-state index contributed by atoms with van der Waals surface area (Å²) in [6.45, 7) is 0. The monoisotopic (exact) mass is 242 g/mol. The van der Waals surface area contributed by atoms with Crippen molar-refractivity contribution < 1.29 is 22.5 Å². The van der Waals surface area contributed by atoms with Crippen molar-refractivity contribution in [1.82, 2.24) is 10.1 Å². The molecule has 0 saturated carbocycles. The highest BCUT2D eigenvalue weighted by molar-refractivity contribution is 6.06. The lowest BCUT2D eigenvalue weighted by molar-refractivity contribution is -0.159. The minimum Gasteiger partial charge on any atom is -0.329 e. The molecule has 0 amide bonds. The third-order valence-electron chi connectivity index (χ3n) is 1.91. The van der Waals surface area contributed by atoms with Gasteiger partial charge in [-0.05, 0) is 0 Å². The zero-order valence-corrected chi connectivity index (χ0v) is 8.23. The highest BCUT2D eigenvalue weighted by Gasteiger charge is 2.39. The number of ketones is 1. The van der Waals surface area contributed by atoms with Crippen LogP contribution in [-0.4, -0.2) is 15.9 Å². The number of nitrogens with zero attached hydrogens (tertiary/aromatic N) is 2. The van der Waals surface area contributed by atoms with Crippen molar-refractivity contribution in [2.45, 2.75) is 6.18 Å². The van der Waals surface area contributed by atoms with Crippen LogP contribution in [0.1, 0.15) is 22.1 Å². The van der Waals surface area contributed by atoms with E-state index in [-0.39, 0.29) is 5.56 Å². The van der Waals surface area contributed by atoms with Gasteiger partial charge in [0.15, 0.2) is 0 Å². The van der Waals surface area contributed by atoms with E-state index in [9.17, 15) is 18.0 Å². The van der Waals surface area contributed by atoms with Crippen LogP contribution in [0.5, 0.6) is 0 Å². The van der Waals surface area contributed by atoms with E-state index in [0.717, 1.165) is 0 Å². The van der Waals surface area contributed by atoms with Gasteiger partial charge in [-0.2, -0.15) is 18.2 Å². The lowest BCUT2D eigenvalue weighted by atomic mass is 10.1. The summed E-state index contributed by atoms with van der Waals surface area (Å²) in [4.78, 5) is 14.6. The van der Waals surface area contributed by atoms with E-state index in [2.05, 4.69) is 14.7 Å². The normalized spacial score (nSPS) is 11.5. The number of benzene rings is 1. The molecule has 7 heteroatoms. The summed E-state index contributed by atoms with van der Waals surface area (Å²) in [6.07, 6.45) is -4.75. The molecular formula is C10H5F3N2O2. The Labute approximate surface area is 93.1 Å². The zero-order chi connectivity index (χ0) is 12.5. The number of hydrogen-bond acceptors (Lipinski definition) is 4. The van der Waals surface area contributed by atoms with Crippen LogP contribution in [0.2, 0.25) is 0 Å². The van der Waals surface area contributed by atoms with E-state index in [1.807, 2.05) is 0 Å². The maximum absolute atomic E-state index is 12.2. The summed E-state index contributed by atoms with van der Waals surface area (Å²) in [7, 11) is 0. The molecule has 2 rings (SSSR count). The van der Waals surface area contributed by atoms with Gasteiger partial charge in [-0.25, -0.2) is 0 Å². The molecule has 1 aromatic carbocycles. The fourth-order valence-electron chi connectivity index (χ4n) is 1.15. The van der Waals surface area contributed by atoms with Gasteiger partial charge in [0.05, 0.1) is 0 Å². The molecule has 0 radical (unpaired) electrons. The zero-order valence-electron chi connectivity index (χ0n) is 8.23. The minimum absolute atomic E-state index is 0.196. The second kappa shape index (κ2) is 4.00. The van der Waals surface area contributed by atoms with E-state index in [1.54, 1.807) is 18.2 Å². The molecule has 1 heterocycles. The highest BCUT2D eigenvalue weighted by atomic mass is 19.4. The van der Waals surface area contributed by atoms with Gasteiger partial charge in [-0.1, -0.05) is 35.5 Å². The number of carbonyl (C=O) groups is 1. The first-order valence-electron chi connectivity index (χ1n) is 4.49. The van der Waals surface area contributed by atoms with Crippen LogP contribution in [0.4, 0.5) is 13.2 Å². The van der Waals surface area contributed by atoms with Gasteiger partial charge in [0.25, 0.3) is 0 Å². The first-order chi connectivity index (χ1) is 7.98. The molecule has 0 N–H and O–H groups in total. The lowest BCUT2D eigenvalue weighted by Crippen LogP contribution is -2.07. The summed E-state index contributed by atoms with van der Waals surface area (Å²) in [5.74, 6) is -2.86. The Kier molecular flexibility index (Phi) is 2.66. The molecule has 0 unspecified atom stereocenters. The predicted molar refractivity (Wildman–Crippen MR) is 49.2 cm³/mol. The van der Waals surface area contributed by atoms with Crippen molar-refractivity contribution in [2.75, 3.05) is 0 Å². The van der Waals surface area contributed by atoms with Crippen LogP contribution in [0, 0.1) is 0 Å². The standard InChI is InChI=1S/C10H5F3N2O2/c11-10(12,13)9-14-8(15-17-9)7(16)6-4-2-1-3-5-6/h1-5H. The van der Waals surface area contributed by atoms with Crippen molar-refractivity contribution in [3.05, 3.63) is 47.6 Å². The van der Waals surface area contributed by atoms with Crippen LogP contribution < -0.4 is 0 Å². The van der Waals surface area contributed by atoms with Crippen molar-refractivity contribution in [3.63, 3.8) is 0 Å². The lowest BCUT2D eigenvalue weighted by Gasteiger charge is -1.96. The maximum Gasteiger partial charge on any atom is 0.471 e. The third-order valence-corrected chi connectivity index (χ3v) is 1.91. The second-order valence-electron chi connectivity index (χ2n) is 3.12. The van der Waals surface area contributed by atoms with Crippen LogP contribution >= 0.6 is 0 Å². The van der Waals surface area contributed by atoms with Crippen molar-refractivity contribution in [2.24, 2.45) is 0 Å². The van der Waals surface area contributed by atoms with Crippen LogP contribution in [-0.2, 0) is 6.18 Å². The molecule has 0 fully saturated rings. The molecule has 0 saturated heterocycles. The number of rotatable bonds is 2. The van der Waals surface area contributed by atoms with Gasteiger partial charge in [-0.3, -0.25) is 4.79 Å². The van der Waals surface area contributed by atoms with Gasteiger partial charge < -0.3 is 4.52 Å². The number of halogens is 3. The Morgan fingerprint density at radius 3 is 2.35 bits per heavy atom. The van der Waals surface area contributed by atoms with E-state index < -0.39 is 23.7 Å². The quantitative estimate of drug-likeness (QED) is 0.758. The fourth-order valence-corrected chi connectivity index (χ4v) is 1.15. The molecule has 0 bridgehead atoms. The number of aromatic nitrogens is 2. The molecule has 2 aromatic rings. The molecule has 4 nitrogen and oxygen atoms in total. The molecule has 0 atom stereocenters. The van der Waals surface area contributed by atoms with Crippen LogP contribution in [0.25, 0.3) is 0 Å². The second-order valence-corrected chi connectivity index (χ2v) is 3.12. The first kappa shape index (κ1) is 11.3. The summed E-state index contributed by atoms with van der Waals surface area (Å²) in [6, 6.07) is 7.74. The Balaban J connectivity index is 2.30. The molecule has 0 aliphatic carbocycles. The van der Waals surface area contributed by atoms with E-state index in [0.29, 0.717) is 0 Å². The third kappa shape index (κ3) is 2.32. The Morgan fingerprint density at radius 1 is 1.18 bits per heavy atom. The van der Waals surface area contributed by atoms with Crippen molar-refractivity contribution in [1.29, 1.82) is 0 Å². The Morgan fingerprint density at radius 2 is 1.82 bits per heavy atom. The molecule has 0 spiro atoms. The highest BCUT2D eigenvalue weighted by Crippen LogP contribution is 2.27. The number of alkyl halides is 3. The summed E-state index contributed by atoms with van der Waals surface area (Å²) in [5, 5.41) is 3.00. The summed E-state index contributed by atoms with van der Waals surface area (Å²) in [5.41, 5.74) is 0.196. The summed E-state index contributed by atoms with van der Waals surface area (Å²) >= 11 is 0. The molecule has 88 valence electrons. The fraction of sp³-hybridized carbons (Fsp3) is 0.100. The molecule has 0 aliphatic rings. The van der Waals surface area contributed by atoms with Gasteiger partial charge >= 0.3 is 12.1 Å². The van der Waals surface area contributed by atoms with Gasteiger partial charge in [0, 0.05) is 5.56 Å². The van der Waals surface area contributed by atoms with E-state index in [4.69, 9.17) is 0 Å². The smallest absolute Gasteiger partial charge is 0.329 e. The molecule has 17 heavy (non-hydrogen) atoms. The SMILES string of the molecule is O=C(c1ccccc1)c1noc(C(F)(F)F)n1. The molecule has 1 aromatic heterocycles. The summed E-state index contributed by atoms with van der Waals surface area (Å²) < 4.78 is 40.4. The van der Waals surface area contributed by atoms with Crippen molar-refractivity contribution >= 4 is 5.78 Å². The van der Waals surface area contributed by atoms with E-state index >= 15 is 0 Å². The van der Waals surface area contributed by atoms with Crippen LogP contribution in [0.15, 0.2) is 34.9 Å². The maximum atomic E-state index is 12.2. The predicted octanol–water partition coefficient (Wildman–Crippen LogP) is 2.32. The van der Waals surface area contributed by atoms with E-state index in [1.165, 1.54) is 12.1 Å². The average molecular weight is 242 g/mol.